The predicted octanol–water partition coefficient (Wildman–Crippen LogP) is 5.09. The number of aromatic amines is 1. The van der Waals surface area contributed by atoms with Crippen LogP contribution in [0.4, 0.5) is 16.0 Å². The molecule has 3 heterocycles. The van der Waals surface area contributed by atoms with E-state index in [1.165, 1.54) is 12.1 Å². The molecule has 0 unspecified atom stereocenters. The van der Waals surface area contributed by atoms with Gasteiger partial charge in [-0.3, -0.25) is 5.10 Å². The number of H-pyrrole nitrogens is 1. The lowest BCUT2D eigenvalue weighted by molar-refractivity contribution is 0.232. The summed E-state index contributed by atoms with van der Waals surface area (Å²) in [4.78, 5) is 9.06. The second-order valence-corrected chi connectivity index (χ2v) is 7.36. The van der Waals surface area contributed by atoms with E-state index < -0.39 is 0 Å². The molecule has 150 valence electrons. The largest absolute Gasteiger partial charge is 0.474 e. The second-order valence-electron chi connectivity index (χ2n) is 6.95. The highest BCUT2D eigenvalue weighted by Gasteiger charge is 2.16. The maximum absolute atomic E-state index is 13.2. The number of aromatic nitrogens is 5. The van der Waals surface area contributed by atoms with Crippen LogP contribution in [0.15, 0.2) is 42.7 Å². The fraction of sp³-hybridized carbons (Fsp3) is 0.250. The molecule has 0 aliphatic heterocycles. The number of imidazole rings is 1. The molecule has 9 heteroatoms. The first-order valence-corrected chi connectivity index (χ1v) is 9.56. The van der Waals surface area contributed by atoms with Gasteiger partial charge in [0.1, 0.15) is 17.2 Å². The maximum atomic E-state index is 13.2. The Morgan fingerprint density at radius 1 is 1.17 bits per heavy atom. The minimum absolute atomic E-state index is 0.0199. The Hall–Kier alpha value is -3.13. The van der Waals surface area contributed by atoms with Crippen molar-refractivity contribution in [2.75, 3.05) is 5.32 Å². The number of nitrogens with one attached hydrogen (secondary N) is 2. The van der Waals surface area contributed by atoms with Crippen LogP contribution >= 0.6 is 11.6 Å². The normalized spacial score (nSPS) is 12.5. The zero-order valence-corrected chi connectivity index (χ0v) is 16.9. The standard InChI is InChI=1S/C20H20ClFN6O/c1-11(2)29-18-9-17(26-27-18)24-19-15(21)8-16-20(25-19)28(10-23-16)12(3)13-4-6-14(22)7-5-13/h4-12H,1-3H3,(H2,24,25,26,27)/t12-/m0/s1. The van der Waals surface area contributed by atoms with Crippen molar-refractivity contribution < 1.29 is 9.13 Å². The number of anilines is 2. The van der Waals surface area contributed by atoms with E-state index in [1.54, 1.807) is 30.6 Å². The first kappa shape index (κ1) is 19.2. The number of halogens is 2. The number of hydrogen-bond donors (Lipinski definition) is 2. The Kier molecular flexibility index (Phi) is 5.10. The molecule has 0 saturated carbocycles. The summed E-state index contributed by atoms with van der Waals surface area (Å²) < 4.78 is 20.7. The SMILES string of the molecule is CC(C)Oc1cc(Nc2nc3c(cc2Cl)ncn3[C@@H](C)c2ccc(F)cc2)[nH]n1. The topological polar surface area (TPSA) is 80.6 Å². The molecule has 0 fully saturated rings. The lowest BCUT2D eigenvalue weighted by Gasteiger charge is -2.15. The summed E-state index contributed by atoms with van der Waals surface area (Å²) in [5.74, 6) is 1.28. The summed E-state index contributed by atoms with van der Waals surface area (Å²) in [5.41, 5.74) is 2.27. The first-order chi connectivity index (χ1) is 13.9. The Morgan fingerprint density at radius 3 is 2.66 bits per heavy atom. The molecule has 4 aromatic rings. The van der Waals surface area contributed by atoms with Crippen molar-refractivity contribution in [3.05, 3.63) is 59.1 Å². The highest BCUT2D eigenvalue weighted by atomic mass is 35.5. The zero-order valence-electron chi connectivity index (χ0n) is 16.1. The van der Waals surface area contributed by atoms with E-state index in [1.807, 2.05) is 25.3 Å². The molecular weight excluding hydrogens is 395 g/mol. The van der Waals surface area contributed by atoms with E-state index in [0.717, 1.165) is 5.56 Å². The Labute approximate surface area is 171 Å². The molecule has 7 nitrogen and oxygen atoms in total. The number of rotatable bonds is 6. The second kappa shape index (κ2) is 7.71. The molecule has 0 bridgehead atoms. The minimum Gasteiger partial charge on any atom is -0.474 e. The molecule has 29 heavy (non-hydrogen) atoms. The smallest absolute Gasteiger partial charge is 0.234 e. The van der Waals surface area contributed by atoms with Gasteiger partial charge in [-0.2, -0.15) is 0 Å². The van der Waals surface area contributed by atoms with Gasteiger partial charge in [0, 0.05) is 6.07 Å². The van der Waals surface area contributed by atoms with E-state index in [9.17, 15) is 4.39 Å². The van der Waals surface area contributed by atoms with E-state index >= 15 is 0 Å². The van der Waals surface area contributed by atoms with Crippen molar-refractivity contribution in [1.82, 2.24) is 24.7 Å². The number of nitrogens with zero attached hydrogens (tertiary/aromatic N) is 4. The number of fused-ring (bicyclic) bond motifs is 1. The molecular formula is C20H20ClFN6O. The van der Waals surface area contributed by atoms with E-state index in [-0.39, 0.29) is 18.0 Å². The third-order valence-corrected chi connectivity index (χ3v) is 4.72. The summed E-state index contributed by atoms with van der Waals surface area (Å²) >= 11 is 6.39. The molecule has 0 spiro atoms. The minimum atomic E-state index is -0.270. The Morgan fingerprint density at radius 2 is 1.93 bits per heavy atom. The first-order valence-electron chi connectivity index (χ1n) is 9.18. The van der Waals surface area contributed by atoms with Crippen molar-refractivity contribution in [2.45, 2.75) is 32.9 Å². The van der Waals surface area contributed by atoms with Gasteiger partial charge in [0.15, 0.2) is 11.5 Å². The van der Waals surface area contributed by atoms with E-state index in [4.69, 9.17) is 16.3 Å². The van der Waals surface area contributed by atoms with Crippen LogP contribution < -0.4 is 10.1 Å². The molecule has 2 N–H and O–H groups in total. The van der Waals surface area contributed by atoms with Gasteiger partial charge in [0.25, 0.3) is 0 Å². The molecule has 0 saturated heterocycles. The third kappa shape index (κ3) is 4.02. The molecule has 0 radical (unpaired) electrons. The predicted molar refractivity (Wildman–Crippen MR) is 110 cm³/mol. The van der Waals surface area contributed by atoms with Crippen LogP contribution in [0.2, 0.25) is 5.02 Å². The zero-order chi connectivity index (χ0) is 20.5. The Bertz CT molecular complexity index is 1140. The van der Waals surface area contributed by atoms with Gasteiger partial charge in [-0.15, -0.1) is 5.10 Å². The van der Waals surface area contributed by atoms with Crippen LogP contribution in [0, 0.1) is 5.82 Å². The van der Waals surface area contributed by atoms with Gasteiger partial charge in [0.05, 0.1) is 23.5 Å². The maximum Gasteiger partial charge on any atom is 0.234 e. The van der Waals surface area contributed by atoms with Crippen LogP contribution in [-0.2, 0) is 0 Å². The van der Waals surface area contributed by atoms with Crippen molar-refractivity contribution >= 4 is 34.4 Å². The fourth-order valence-corrected chi connectivity index (χ4v) is 3.20. The lowest BCUT2D eigenvalue weighted by Crippen LogP contribution is -2.07. The van der Waals surface area contributed by atoms with Gasteiger partial charge in [-0.1, -0.05) is 23.7 Å². The summed E-state index contributed by atoms with van der Waals surface area (Å²) in [6.07, 6.45) is 1.72. The van der Waals surface area contributed by atoms with Crippen molar-refractivity contribution in [1.29, 1.82) is 0 Å². The van der Waals surface area contributed by atoms with Crippen LogP contribution in [0.3, 0.4) is 0 Å². The average molecular weight is 415 g/mol. The highest BCUT2D eigenvalue weighted by Crippen LogP contribution is 2.30. The summed E-state index contributed by atoms with van der Waals surface area (Å²) in [6, 6.07) is 9.79. The number of benzene rings is 1. The highest BCUT2D eigenvalue weighted by molar-refractivity contribution is 6.33. The van der Waals surface area contributed by atoms with E-state index in [2.05, 4.69) is 25.5 Å². The van der Waals surface area contributed by atoms with Gasteiger partial charge in [-0.25, -0.2) is 14.4 Å². The monoisotopic (exact) mass is 414 g/mol. The van der Waals surface area contributed by atoms with Gasteiger partial charge >= 0.3 is 0 Å². The van der Waals surface area contributed by atoms with Crippen LogP contribution in [-0.4, -0.2) is 30.8 Å². The molecule has 0 aliphatic rings. The molecule has 0 amide bonds. The van der Waals surface area contributed by atoms with Gasteiger partial charge < -0.3 is 14.6 Å². The van der Waals surface area contributed by atoms with Crippen LogP contribution in [0.5, 0.6) is 5.88 Å². The number of pyridine rings is 1. The van der Waals surface area contributed by atoms with Gasteiger partial charge in [-0.05, 0) is 44.5 Å². The quantitative estimate of drug-likeness (QED) is 0.459. The Balaban J connectivity index is 1.65. The molecule has 0 aliphatic carbocycles. The number of hydrogen-bond acceptors (Lipinski definition) is 5. The summed E-state index contributed by atoms with van der Waals surface area (Å²) in [7, 11) is 0. The van der Waals surface area contributed by atoms with Crippen LogP contribution in [0.1, 0.15) is 32.4 Å². The van der Waals surface area contributed by atoms with E-state index in [0.29, 0.717) is 33.7 Å². The molecule has 3 aromatic heterocycles. The van der Waals surface area contributed by atoms with Gasteiger partial charge in [0.2, 0.25) is 5.88 Å². The van der Waals surface area contributed by atoms with Crippen molar-refractivity contribution in [3.63, 3.8) is 0 Å². The fourth-order valence-electron chi connectivity index (χ4n) is 3.00. The third-order valence-electron chi connectivity index (χ3n) is 4.44. The molecule has 4 rings (SSSR count). The van der Waals surface area contributed by atoms with Crippen molar-refractivity contribution in [2.24, 2.45) is 0 Å². The molecule has 1 aromatic carbocycles. The average Bonchev–Trinajstić information content (AvgIpc) is 3.28. The molecule has 1 atom stereocenters. The number of ether oxygens (including phenoxy) is 1. The lowest BCUT2D eigenvalue weighted by atomic mass is 10.1. The van der Waals surface area contributed by atoms with Crippen molar-refractivity contribution in [3.8, 4) is 5.88 Å². The van der Waals surface area contributed by atoms with Crippen LogP contribution in [0.25, 0.3) is 11.2 Å². The summed E-state index contributed by atoms with van der Waals surface area (Å²) in [6.45, 7) is 5.86. The summed E-state index contributed by atoms with van der Waals surface area (Å²) in [5, 5.41) is 10.5.